The van der Waals surface area contributed by atoms with Crippen LogP contribution in [0, 0.1) is 24.7 Å². The Kier molecular flexibility index (Phi) is 11.0. The number of aromatic nitrogens is 1. The first-order valence-electron chi connectivity index (χ1n) is 17.6. The standard InChI is InChI=1S/C37H46N8O6/c1-23-18-26(51-42-23)19-31(46)40-30-14-16-44(22-29(30)34(47)41-32(35(48)38-2)25-12-8-5-9-13-25)36(49)28-21-45(37(50)33-39-15-17-43(33)3)20-27(28)24-10-6-4-7-11-24/h4-6,8-10,12-13,18,27-30,32H,7,11,14-17,19-22H2,1-3H3,(H,38,48)(H,40,46)(H,41,47)/t27-,28+,29-,30-,32-/m0/s1. The van der Waals surface area contributed by atoms with Crippen LogP contribution in [-0.2, 0) is 30.4 Å². The minimum atomic E-state index is -0.981. The van der Waals surface area contributed by atoms with E-state index in [1.54, 1.807) is 47.1 Å². The maximum Gasteiger partial charge on any atom is 0.289 e. The zero-order valence-electron chi connectivity index (χ0n) is 29.3. The predicted molar refractivity (Wildman–Crippen MR) is 188 cm³/mol. The first-order valence-corrected chi connectivity index (χ1v) is 17.6. The van der Waals surface area contributed by atoms with Crippen LogP contribution in [0.15, 0.2) is 69.7 Å². The van der Waals surface area contributed by atoms with Gasteiger partial charge in [0.2, 0.25) is 23.6 Å². The van der Waals surface area contributed by atoms with Crippen molar-refractivity contribution in [2.24, 2.45) is 22.7 Å². The molecule has 2 saturated heterocycles. The second kappa shape index (κ2) is 15.7. The molecule has 0 saturated carbocycles. The molecule has 2 aromatic rings. The van der Waals surface area contributed by atoms with Gasteiger partial charge in [-0.25, -0.2) is 0 Å². The topological polar surface area (TPSA) is 170 Å². The third-order valence-electron chi connectivity index (χ3n) is 10.2. The molecule has 14 nitrogen and oxygen atoms in total. The quantitative estimate of drug-likeness (QED) is 0.332. The first kappa shape index (κ1) is 35.6. The van der Waals surface area contributed by atoms with Crippen molar-refractivity contribution in [3.05, 3.63) is 77.2 Å². The van der Waals surface area contributed by atoms with Crippen LogP contribution in [0.3, 0.4) is 0 Å². The number of amidine groups is 1. The van der Waals surface area contributed by atoms with Gasteiger partial charge in [0.1, 0.15) is 11.8 Å². The molecular weight excluding hydrogens is 652 g/mol. The van der Waals surface area contributed by atoms with Gasteiger partial charge in [-0.05, 0) is 31.7 Å². The maximum atomic E-state index is 14.5. The Balaban J connectivity index is 1.24. The number of rotatable bonds is 10. The monoisotopic (exact) mass is 698 g/mol. The summed E-state index contributed by atoms with van der Waals surface area (Å²) in [7, 11) is 3.35. The lowest BCUT2D eigenvalue weighted by Gasteiger charge is -2.40. The van der Waals surface area contributed by atoms with Gasteiger partial charge >= 0.3 is 0 Å². The number of hydrogen-bond acceptors (Lipinski definition) is 9. The molecule has 3 N–H and O–H groups in total. The molecular formula is C37H46N8O6. The van der Waals surface area contributed by atoms with Crippen molar-refractivity contribution in [2.45, 2.75) is 44.7 Å². The Hall–Kier alpha value is -5.27. The van der Waals surface area contributed by atoms with Crippen LogP contribution in [-0.4, -0.2) is 115 Å². The van der Waals surface area contributed by atoms with Gasteiger partial charge in [0, 0.05) is 64.8 Å². The molecule has 0 spiro atoms. The van der Waals surface area contributed by atoms with E-state index in [1.165, 1.54) is 7.05 Å². The molecule has 0 radical (unpaired) electrons. The number of aliphatic imine (C=N–C) groups is 1. The van der Waals surface area contributed by atoms with Gasteiger partial charge in [0.25, 0.3) is 5.91 Å². The number of allylic oxidation sites excluding steroid dienone is 3. The lowest BCUT2D eigenvalue weighted by Crippen LogP contribution is -2.59. The zero-order valence-corrected chi connectivity index (χ0v) is 29.3. The summed E-state index contributed by atoms with van der Waals surface area (Å²) >= 11 is 0. The fourth-order valence-corrected chi connectivity index (χ4v) is 7.51. The van der Waals surface area contributed by atoms with E-state index in [0.717, 1.165) is 18.4 Å². The second-order valence-electron chi connectivity index (χ2n) is 13.7. The molecule has 6 rings (SSSR count). The molecule has 5 atom stereocenters. The molecule has 1 aromatic carbocycles. The highest BCUT2D eigenvalue weighted by Crippen LogP contribution is 2.36. The number of carbonyl (C=O) groups excluding carboxylic acids is 5. The van der Waals surface area contributed by atoms with E-state index in [-0.39, 0.29) is 43.1 Å². The largest absolute Gasteiger partial charge is 0.361 e. The molecule has 51 heavy (non-hydrogen) atoms. The van der Waals surface area contributed by atoms with Crippen LogP contribution in [0.5, 0.6) is 0 Å². The highest BCUT2D eigenvalue weighted by molar-refractivity contribution is 6.38. The normalized spacial score (nSPS) is 23.7. The maximum absolute atomic E-state index is 14.5. The first-order chi connectivity index (χ1) is 24.6. The van der Waals surface area contributed by atoms with Gasteiger partial charge in [-0.15, -0.1) is 0 Å². The molecule has 0 unspecified atom stereocenters. The van der Waals surface area contributed by atoms with Crippen molar-refractivity contribution in [1.29, 1.82) is 0 Å². The Bertz CT molecular complexity index is 1730. The summed E-state index contributed by atoms with van der Waals surface area (Å²) in [5.41, 5.74) is 2.38. The molecule has 3 aliphatic heterocycles. The van der Waals surface area contributed by atoms with E-state index in [1.807, 2.05) is 24.1 Å². The van der Waals surface area contributed by atoms with Crippen LogP contribution in [0.1, 0.15) is 42.3 Å². The molecule has 270 valence electrons. The SMILES string of the molecule is CNC(=O)[C@@H](NC(=O)[C@H]1CN(C(=O)[C@@H]2CN(C(=O)C3=NCCN3C)C[C@H]2C2=CC=CCC2)CC[C@@H]1NC(=O)Cc1cc(C)no1)c1ccccc1. The highest BCUT2D eigenvalue weighted by atomic mass is 16.5. The lowest BCUT2D eigenvalue weighted by molar-refractivity contribution is -0.141. The number of likely N-dealkylation sites (N-methyl/N-ethyl adjacent to an activating group) is 2. The number of nitrogens with one attached hydrogen (secondary N) is 3. The van der Waals surface area contributed by atoms with Crippen LogP contribution >= 0.6 is 0 Å². The van der Waals surface area contributed by atoms with Gasteiger partial charge in [0.15, 0.2) is 5.84 Å². The number of likely N-dealkylation sites (tertiary alicyclic amines) is 2. The molecule has 0 bridgehead atoms. The van der Waals surface area contributed by atoms with Crippen LogP contribution in [0.25, 0.3) is 0 Å². The number of hydrogen-bond donors (Lipinski definition) is 3. The summed E-state index contributed by atoms with van der Waals surface area (Å²) in [6, 6.07) is 8.99. The minimum Gasteiger partial charge on any atom is -0.361 e. The molecule has 2 fully saturated rings. The fourth-order valence-electron chi connectivity index (χ4n) is 7.51. The molecule has 4 aliphatic rings. The number of aryl methyl sites for hydroxylation is 1. The highest BCUT2D eigenvalue weighted by Gasteiger charge is 2.46. The third-order valence-corrected chi connectivity index (χ3v) is 10.2. The Morgan fingerprint density at radius 1 is 1.02 bits per heavy atom. The summed E-state index contributed by atoms with van der Waals surface area (Å²) < 4.78 is 5.23. The average Bonchev–Trinajstić information content (AvgIpc) is 3.90. The van der Waals surface area contributed by atoms with Crippen LogP contribution in [0.2, 0.25) is 0 Å². The van der Waals surface area contributed by atoms with E-state index >= 15 is 0 Å². The predicted octanol–water partition coefficient (Wildman–Crippen LogP) is 1.16. The molecule has 5 amide bonds. The van der Waals surface area contributed by atoms with Gasteiger partial charge < -0.3 is 35.2 Å². The van der Waals surface area contributed by atoms with Crippen molar-refractivity contribution in [3.63, 3.8) is 0 Å². The lowest BCUT2D eigenvalue weighted by atomic mass is 9.82. The Morgan fingerprint density at radius 2 is 1.80 bits per heavy atom. The number of carbonyl (C=O) groups is 5. The number of nitrogens with zero attached hydrogens (tertiary/aromatic N) is 5. The molecule has 1 aliphatic carbocycles. The smallest absolute Gasteiger partial charge is 0.289 e. The van der Waals surface area contributed by atoms with E-state index in [9.17, 15) is 24.0 Å². The molecule has 4 heterocycles. The number of piperidine rings is 1. The zero-order chi connectivity index (χ0) is 36.1. The summed E-state index contributed by atoms with van der Waals surface area (Å²) in [5.74, 6) is -2.26. The van der Waals surface area contributed by atoms with E-state index in [0.29, 0.717) is 55.5 Å². The average molecular weight is 699 g/mol. The fraction of sp³-hybridized carbons (Fsp3) is 0.486. The third kappa shape index (κ3) is 8.05. The molecule has 14 heteroatoms. The Labute approximate surface area is 297 Å². The van der Waals surface area contributed by atoms with Crippen molar-refractivity contribution in [1.82, 2.24) is 35.8 Å². The number of benzene rings is 1. The minimum absolute atomic E-state index is 0.0256. The summed E-state index contributed by atoms with van der Waals surface area (Å²) in [5, 5.41) is 12.4. The van der Waals surface area contributed by atoms with Gasteiger partial charge in [-0.2, -0.15) is 0 Å². The van der Waals surface area contributed by atoms with E-state index < -0.39 is 35.7 Å². The van der Waals surface area contributed by atoms with E-state index in [4.69, 9.17) is 4.52 Å². The van der Waals surface area contributed by atoms with Gasteiger partial charge in [-0.3, -0.25) is 29.0 Å². The summed E-state index contributed by atoms with van der Waals surface area (Å²) in [6.07, 6.45) is 8.07. The van der Waals surface area contributed by atoms with Gasteiger partial charge in [0.05, 0.1) is 30.5 Å². The van der Waals surface area contributed by atoms with Crippen molar-refractivity contribution >= 4 is 35.4 Å². The van der Waals surface area contributed by atoms with Crippen LogP contribution in [0.4, 0.5) is 0 Å². The van der Waals surface area contributed by atoms with Gasteiger partial charge in [-0.1, -0.05) is 59.3 Å². The van der Waals surface area contributed by atoms with E-state index in [2.05, 4.69) is 38.3 Å². The second-order valence-corrected chi connectivity index (χ2v) is 13.7. The molecule has 1 aromatic heterocycles. The Morgan fingerprint density at radius 3 is 2.47 bits per heavy atom. The number of amides is 5. The van der Waals surface area contributed by atoms with Crippen molar-refractivity contribution in [2.75, 3.05) is 53.4 Å². The van der Waals surface area contributed by atoms with Crippen molar-refractivity contribution < 1.29 is 28.5 Å². The summed E-state index contributed by atoms with van der Waals surface area (Å²) in [6.45, 7) is 3.98. The summed E-state index contributed by atoms with van der Waals surface area (Å²) in [4.78, 5) is 78.2. The van der Waals surface area contributed by atoms with Crippen molar-refractivity contribution in [3.8, 4) is 0 Å². The van der Waals surface area contributed by atoms with Crippen LogP contribution < -0.4 is 16.0 Å².